The fourth-order valence-corrected chi connectivity index (χ4v) is 12.5. The second kappa shape index (κ2) is 256. The molecule has 0 amide bonds. The minimum absolute atomic E-state index is 0. The molecule has 5 aromatic rings. The van der Waals surface area contributed by atoms with Crippen molar-refractivity contribution < 1.29 is 84.3 Å². The van der Waals surface area contributed by atoms with Crippen LogP contribution in [0.2, 0.25) is 0 Å². The van der Waals surface area contributed by atoms with Crippen LogP contribution in [0, 0.1) is 110 Å². The monoisotopic (exact) mass is 2750 g/mol. The second-order valence-corrected chi connectivity index (χ2v) is 25.8. The quantitative estimate of drug-likeness (QED) is 0.0269. The molecule has 0 radical (unpaired) electrons. The summed E-state index contributed by atoms with van der Waals surface area (Å²) in [5.74, 6) is 3.22. The van der Waals surface area contributed by atoms with Gasteiger partial charge < -0.3 is 103 Å². The van der Waals surface area contributed by atoms with E-state index in [1.807, 2.05) is 372 Å². The van der Waals surface area contributed by atoms with Crippen molar-refractivity contribution in [2.75, 3.05) is 0 Å². The molecule has 4 heteroatoms. The molecule has 0 aliphatic rings. The van der Waals surface area contributed by atoms with Crippen molar-refractivity contribution in [1.82, 2.24) is 0 Å². The van der Waals surface area contributed by atoms with Crippen LogP contribution in [0.1, 0.15) is 658 Å². The Hall–Kier alpha value is -1.15. The summed E-state index contributed by atoms with van der Waals surface area (Å²) in [6.07, 6.45) is 67.1. The van der Waals surface area contributed by atoms with Gasteiger partial charge in [0.15, 0.2) is 0 Å². The van der Waals surface area contributed by atoms with Crippen LogP contribution in [0.15, 0.2) is 121 Å². The molecule has 0 fully saturated rings. The first kappa shape index (κ1) is 226. The number of aryl methyl sites for hydroxylation is 5. The molecule has 5 rings (SSSR count). The summed E-state index contributed by atoms with van der Waals surface area (Å²) in [5, 5.41) is 0. The van der Waals surface area contributed by atoms with Gasteiger partial charge in [-0.15, -0.1) is 19.3 Å². The van der Waals surface area contributed by atoms with Gasteiger partial charge in [0.2, 0.25) is 0 Å². The fraction of sp³-hybridized carbons (Fsp3) is 0.671. The van der Waals surface area contributed by atoms with Gasteiger partial charge in [0.05, 0.1) is 0 Å². The molecule has 0 aliphatic carbocycles. The third-order valence-electron chi connectivity index (χ3n) is 17.1. The minimum atomic E-state index is 0. The molecule has 0 heterocycles. The maximum Gasteiger partial charge on any atom is 4.00 e. The van der Waals surface area contributed by atoms with Crippen molar-refractivity contribution >= 4 is 0 Å². The number of hydrogen-bond donors (Lipinski definition) is 0. The SMILES string of the molecule is C.C.C.CC.CC.CC.CC.CC.CC.CC.CC.CC.CC.CC.CC.CC.CC.CC.CC.CC.CC.CC.CC.CC.C[CH-]C.C[CH-]C.C[CH-]C.C[CH-]C.C[CH-]CC(C[CH-]CCC[CH-]CC(C[CH-]C)c1ccccc1CC)c1ccccc1C.C[CH-]CC(C[CH-]CCC[CH-]CC(C[CH-]C)c1ccccc1CC)c1ccccc1CC.C[CH-]CC[CH-]CCC[CH-]CC(C[CH-]C)c1ccccc1CC.[Pt+4].[Pt+4].[Pt+4].[Pt+4]. The van der Waals surface area contributed by atoms with Gasteiger partial charge in [-0.3, -0.25) is 0 Å². The van der Waals surface area contributed by atoms with Gasteiger partial charge in [-0.05, 0) is 88.2 Å². The maximum atomic E-state index is 2.54. The van der Waals surface area contributed by atoms with Crippen LogP contribution < -0.4 is 0 Å². The largest absolute Gasteiger partial charge is 4.00 e. The van der Waals surface area contributed by atoms with E-state index in [9.17, 15) is 0 Å². The Labute approximate surface area is 990 Å². The summed E-state index contributed by atoms with van der Waals surface area (Å²) >= 11 is 0. The summed E-state index contributed by atoms with van der Waals surface area (Å²) < 4.78 is 0. The van der Waals surface area contributed by atoms with Crippen molar-refractivity contribution in [3.05, 3.63) is 280 Å². The van der Waals surface area contributed by atoms with Gasteiger partial charge in [0, 0.05) is 0 Å². The molecule has 0 aliphatic heterocycles. The Balaban J connectivity index is -0.0000000383. The van der Waals surface area contributed by atoms with Crippen LogP contribution >= 0.6 is 0 Å². The maximum absolute atomic E-state index is 2.54. The normalized spacial score (nSPS) is 8.92. The zero-order valence-electron chi connectivity index (χ0n) is 109. The Morgan fingerprint density at radius 2 is 0.312 bits per heavy atom. The smallest absolute Gasteiger partial charge is 0.335 e. The molecule has 0 aromatic heterocycles. The van der Waals surface area contributed by atoms with Gasteiger partial charge >= 0.3 is 84.3 Å². The van der Waals surface area contributed by atoms with E-state index in [0.29, 0.717) is 29.6 Å². The number of hydrogen-bond acceptors (Lipinski definition) is 0. The van der Waals surface area contributed by atoms with E-state index in [2.05, 4.69) is 275 Å². The molecule has 0 saturated carbocycles. The molecule has 0 saturated heterocycles. The Bertz CT molecular complexity index is 2300. The van der Waals surface area contributed by atoms with E-state index in [1.165, 1.54) is 168 Å². The molecular formula is C140H286Pt4. The van der Waals surface area contributed by atoms with Crippen molar-refractivity contribution in [1.29, 1.82) is 0 Å². The molecule has 144 heavy (non-hydrogen) atoms. The molecule has 0 nitrogen and oxygen atoms in total. The van der Waals surface area contributed by atoms with Crippen LogP contribution in [-0.4, -0.2) is 0 Å². The molecule has 0 bridgehead atoms. The number of benzene rings is 5. The molecule has 5 unspecified atom stereocenters. The van der Waals surface area contributed by atoms with Gasteiger partial charge in [-0.2, -0.15) is 200 Å². The van der Waals surface area contributed by atoms with E-state index >= 15 is 0 Å². The first-order valence-electron chi connectivity index (χ1n) is 59.3. The zero-order chi connectivity index (χ0) is 113. The molecule has 0 spiro atoms. The third-order valence-corrected chi connectivity index (χ3v) is 17.1. The standard InChI is InChI=1S/C31H44.C30H42.C22H34.4C3H7.21C2H6.3CH4.4Pt/c1-5-18-28(30-24-16-14-20-26(30)7-3)22-12-10-9-11-13-23-29(19-6-2)31-25-17-15-21-27(31)8-4;1-5-17-27(29-23-15-13-19-25(29)4)21-11-9-8-10-12-22-28(18-6-2)30-24-16-14-20-26(30)7-3;1-4-7-8-9-10-11-12-13-18-21(16-5-2)22-19-15-14-17-20(22)6-3;4*1-3-2;21*1-2;;;;;;;/h5-6,12-17,20-21,24-25,28-29H,7-11,18-19,22-23H2,1-4H3;5-6,11-16,19-20,23-24,27-28H,7-10,17-18,21-22H2,1-4H3;4-5,9,13-15,17,19,21H,6-8,10-12,16,18H2,1-3H3;4*3H,1-2H3;21*1-2H3;3*1H4;;;;/q3*-4;4*-1;;;;;;;;;;;;;;;;;;;;;;;;;4*+4. The van der Waals surface area contributed by atoms with E-state index in [0.717, 1.165) is 25.7 Å². The van der Waals surface area contributed by atoms with Crippen molar-refractivity contribution in [2.24, 2.45) is 0 Å². The van der Waals surface area contributed by atoms with E-state index in [4.69, 9.17) is 0 Å². The van der Waals surface area contributed by atoms with Crippen molar-refractivity contribution in [2.45, 2.75) is 635 Å². The molecule has 5 aromatic carbocycles. The van der Waals surface area contributed by atoms with E-state index < -0.39 is 0 Å². The van der Waals surface area contributed by atoms with Crippen LogP contribution in [0.25, 0.3) is 0 Å². The van der Waals surface area contributed by atoms with E-state index in [-0.39, 0.29) is 107 Å². The van der Waals surface area contributed by atoms with Crippen LogP contribution in [0.3, 0.4) is 0 Å². The predicted octanol–water partition coefficient (Wildman–Crippen LogP) is 53.6. The minimum Gasteiger partial charge on any atom is -0.335 e. The molecule has 5 atom stereocenters. The number of unbranched alkanes of at least 4 members (excludes halogenated alkanes) is 15. The van der Waals surface area contributed by atoms with Gasteiger partial charge in [0.1, 0.15) is 0 Å². The van der Waals surface area contributed by atoms with Gasteiger partial charge in [-0.25, -0.2) is 12.8 Å². The first-order valence-corrected chi connectivity index (χ1v) is 59.3. The van der Waals surface area contributed by atoms with Crippen molar-refractivity contribution in [3.63, 3.8) is 0 Å². The fourth-order valence-electron chi connectivity index (χ4n) is 12.5. The summed E-state index contributed by atoms with van der Waals surface area (Å²) in [5.41, 5.74) is 15.2. The first-order chi connectivity index (χ1) is 67.4. The Morgan fingerprint density at radius 3 is 0.458 bits per heavy atom. The Morgan fingerprint density at radius 1 is 0.174 bits per heavy atom. The summed E-state index contributed by atoms with van der Waals surface area (Å²) in [6.45, 7) is 124. The summed E-state index contributed by atoms with van der Waals surface area (Å²) in [7, 11) is 0. The second-order valence-electron chi connectivity index (χ2n) is 25.8. The summed E-state index contributed by atoms with van der Waals surface area (Å²) in [4.78, 5) is 0. The summed E-state index contributed by atoms with van der Waals surface area (Å²) in [6, 6.07) is 44.9. The van der Waals surface area contributed by atoms with Crippen LogP contribution in [0.5, 0.6) is 0 Å². The van der Waals surface area contributed by atoms with Gasteiger partial charge in [-0.1, -0.05) is 492 Å². The Kier molecular flexibility index (Phi) is 401. The molecule has 886 valence electrons. The predicted molar refractivity (Wildman–Crippen MR) is 692 cm³/mol. The zero-order valence-corrected chi connectivity index (χ0v) is 118. The topological polar surface area (TPSA) is 0 Å². The molecular weight excluding hydrogens is 2460 g/mol. The third kappa shape index (κ3) is 171. The van der Waals surface area contributed by atoms with Crippen molar-refractivity contribution in [3.8, 4) is 0 Å². The van der Waals surface area contributed by atoms with Gasteiger partial charge in [0.25, 0.3) is 0 Å². The average molecular weight is 2750 g/mol. The van der Waals surface area contributed by atoms with Crippen LogP contribution in [-0.2, 0) is 110 Å². The average Bonchev–Trinajstić information content (AvgIpc) is 0.868. The van der Waals surface area contributed by atoms with Crippen LogP contribution in [0.4, 0.5) is 0 Å². The van der Waals surface area contributed by atoms with E-state index in [1.54, 1.807) is 22.3 Å². The number of rotatable bonds is 44. The molecule has 0 N–H and O–H groups in total.